The van der Waals surface area contributed by atoms with Crippen molar-refractivity contribution in [3.8, 4) is 11.6 Å². The second kappa shape index (κ2) is 8.57. The lowest BCUT2D eigenvalue weighted by atomic mass is 10.2. The van der Waals surface area contributed by atoms with E-state index in [1.54, 1.807) is 36.4 Å². The van der Waals surface area contributed by atoms with Gasteiger partial charge >= 0.3 is 5.97 Å². The predicted octanol–water partition coefficient (Wildman–Crippen LogP) is 2.23. The van der Waals surface area contributed by atoms with Gasteiger partial charge in [0.1, 0.15) is 0 Å². The third-order valence-electron chi connectivity index (χ3n) is 3.87. The van der Waals surface area contributed by atoms with Gasteiger partial charge in [-0.15, -0.1) is 0 Å². The Kier molecular flexibility index (Phi) is 5.95. The van der Waals surface area contributed by atoms with Crippen LogP contribution in [0.25, 0.3) is 5.69 Å². The zero-order valence-corrected chi connectivity index (χ0v) is 15.7. The monoisotopic (exact) mass is 399 g/mol. The lowest BCUT2D eigenvalue weighted by molar-refractivity contribution is -0.705. The molecule has 8 nitrogen and oxygen atoms in total. The van der Waals surface area contributed by atoms with E-state index < -0.39 is 17.2 Å². The van der Waals surface area contributed by atoms with Gasteiger partial charge in [0.05, 0.1) is 16.1 Å². The molecule has 1 unspecified atom stereocenters. The molecule has 2 N–H and O–H groups in total. The summed E-state index contributed by atoms with van der Waals surface area (Å²) in [6, 6.07) is 14.9. The van der Waals surface area contributed by atoms with Crippen LogP contribution in [0.5, 0.6) is 5.95 Å². The summed E-state index contributed by atoms with van der Waals surface area (Å²) in [7, 11) is 0. The molecule has 1 aromatic heterocycles. The molecule has 0 aliphatic heterocycles. The van der Waals surface area contributed by atoms with Crippen LogP contribution in [0.3, 0.4) is 0 Å². The maximum atomic E-state index is 12.7. The molecular weight excluding hydrogens is 382 g/mol. The summed E-state index contributed by atoms with van der Waals surface area (Å²) in [5, 5.41) is 27.2. The molecule has 1 heterocycles. The lowest BCUT2D eigenvalue weighted by Crippen LogP contribution is -2.36. The van der Waals surface area contributed by atoms with Gasteiger partial charge in [0.2, 0.25) is 11.6 Å². The molecular formula is C19H17N3O5S. The molecule has 3 aromatic rings. The average molecular weight is 399 g/mol. The highest BCUT2D eigenvalue weighted by atomic mass is 32.2. The van der Waals surface area contributed by atoms with Crippen molar-refractivity contribution in [3.05, 3.63) is 60.2 Å². The molecule has 9 heteroatoms. The van der Waals surface area contributed by atoms with Gasteiger partial charge in [0, 0.05) is 17.8 Å². The van der Waals surface area contributed by atoms with E-state index in [-0.39, 0.29) is 16.5 Å². The molecule has 1 atom stereocenters. The number of hydrogen-bond acceptors (Lipinski definition) is 6. The van der Waals surface area contributed by atoms with Crippen LogP contribution >= 0.6 is 11.8 Å². The highest BCUT2D eigenvalue weighted by Gasteiger charge is 2.28. The number of aromatic carboxylic acids is 1. The molecule has 0 radical (unpaired) electrons. The van der Waals surface area contributed by atoms with Crippen LogP contribution < -0.4 is 15.1 Å². The number of aromatic nitrogens is 2. The Labute approximate surface area is 164 Å². The van der Waals surface area contributed by atoms with Gasteiger partial charge in [-0.2, -0.15) is 0 Å². The Bertz CT molecular complexity index is 990. The third-order valence-corrected chi connectivity index (χ3v) is 5.26. The zero-order valence-electron chi connectivity index (χ0n) is 14.9. The number of nitrogens with zero attached hydrogens (tertiary/aromatic N) is 2. The molecule has 3 rings (SSSR count). The number of thioether (sulfide) groups is 1. The summed E-state index contributed by atoms with van der Waals surface area (Å²) in [4.78, 5) is 23.7. The number of hydrogen-bond donors (Lipinski definition) is 2. The summed E-state index contributed by atoms with van der Waals surface area (Å²) < 4.78 is 6.13. The highest BCUT2D eigenvalue weighted by Crippen LogP contribution is 2.29. The number of carbonyl (C=O) groups excluding carboxylic acids is 1. The Morgan fingerprint density at radius 1 is 1.25 bits per heavy atom. The first kappa shape index (κ1) is 19.4. The lowest BCUT2D eigenvalue weighted by Gasteiger charge is -2.13. The van der Waals surface area contributed by atoms with Crippen LogP contribution in [0, 0.1) is 0 Å². The van der Waals surface area contributed by atoms with Gasteiger partial charge in [-0.25, -0.2) is 4.79 Å². The fourth-order valence-electron chi connectivity index (χ4n) is 2.48. The second-order valence-electron chi connectivity index (χ2n) is 5.80. The van der Waals surface area contributed by atoms with E-state index in [9.17, 15) is 14.7 Å². The van der Waals surface area contributed by atoms with E-state index in [2.05, 4.69) is 10.6 Å². The summed E-state index contributed by atoms with van der Waals surface area (Å²) in [6.45, 7) is 1.82. The van der Waals surface area contributed by atoms with Gasteiger partial charge in [0.15, 0.2) is 5.95 Å². The molecule has 0 saturated heterocycles. The molecule has 0 saturated carbocycles. The molecule has 144 valence electrons. The number of rotatable bonds is 7. The second-order valence-corrected chi connectivity index (χ2v) is 6.99. The van der Waals surface area contributed by atoms with Gasteiger partial charge in [-0.05, 0) is 41.1 Å². The normalized spacial score (nSPS) is 11.8. The first-order chi connectivity index (χ1) is 13.5. The number of carboxylic acids is 1. The molecule has 0 spiro atoms. The fourth-order valence-corrected chi connectivity index (χ4v) is 3.46. The van der Waals surface area contributed by atoms with Crippen LogP contribution in [0.1, 0.15) is 23.7 Å². The molecule has 0 fully saturated rings. The molecule has 0 bridgehead atoms. The number of para-hydroxylation sites is 1. The van der Waals surface area contributed by atoms with Crippen molar-refractivity contribution in [3.63, 3.8) is 0 Å². The Morgan fingerprint density at radius 3 is 2.68 bits per heavy atom. The fraction of sp³-hybridized carbons (Fsp3) is 0.158. The standard InChI is InChI=1S/C19H17N3O5S/c1-2-15(16(23)20-13-8-6-7-12(11-13)18(24)25)28-17-19(26)27-21-22(17)14-9-4-3-5-10-14/h3-11,15H,2H2,1H3,(H2-,20,21,23,24,25,26). The quantitative estimate of drug-likeness (QED) is 0.462. The molecule has 1 amide bonds. The average Bonchev–Trinajstić information content (AvgIpc) is 3.07. The van der Waals surface area contributed by atoms with Gasteiger partial charge < -0.3 is 20.1 Å². The Morgan fingerprint density at radius 2 is 2.00 bits per heavy atom. The maximum Gasteiger partial charge on any atom is 0.335 e. The van der Waals surface area contributed by atoms with E-state index in [4.69, 9.17) is 9.63 Å². The van der Waals surface area contributed by atoms with E-state index in [1.807, 2.05) is 13.0 Å². The van der Waals surface area contributed by atoms with Crippen molar-refractivity contribution in [1.29, 1.82) is 0 Å². The number of amides is 1. The van der Waals surface area contributed by atoms with Crippen LogP contribution in [0.2, 0.25) is 0 Å². The Balaban J connectivity index is 1.80. The van der Waals surface area contributed by atoms with E-state index >= 15 is 0 Å². The summed E-state index contributed by atoms with van der Waals surface area (Å²) in [5.74, 6) is -2.06. The van der Waals surface area contributed by atoms with Gasteiger partial charge in [0.25, 0.3) is 5.03 Å². The van der Waals surface area contributed by atoms with Crippen molar-refractivity contribution < 1.29 is 29.0 Å². The summed E-state index contributed by atoms with van der Waals surface area (Å²) in [5.41, 5.74) is 1.08. The van der Waals surface area contributed by atoms with Crippen molar-refractivity contribution in [2.24, 2.45) is 0 Å². The number of anilines is 1. The number of carbonyl (C=O) groups is 2. The summed E-state index contributed by atoms with van der Waals surface area (Å²) in [6.07, 6.45) is 0.439. The summed E-state index contributed by atoms with van der Waals surface area (Å²) >= 11 is 1.05. The number of benzene rings is 2. The van der Waals surface area contributed by atoms with Crippen molar-refractivity contribution >= 4 is 29.3 Å². The molecule has 2 aromatic carbocycles. The van der Waals surface area contributed by atoms with Gasteiger partial charge in [-0.3, -0.25) is 4.79 Å². The van der Waals surface area contributed by atoms with Crippen LogP contribution in [-0.4, -0.2) is 27.5 Å². The SMILES string of the molecule is CCC(Sc1c([O-])on[n+]1-c1ccccc1)C(=O)Nc1cccc(C(=O)O)c1. The minimum absolute atomic E-state index is 0.0706. The van der Waals surface area contributed by atoms with E-state index in [0.717, 1.165) is 11.8 Å². The first-order valence-corrected chi connectivity index (χ1v) is 9.33. The first-order valence-electron chi connectivity index (χ1n) is 8.45. The minimum atomic E-state index is -1.08. The Hall–Kier alpha value is -3.33. The van der Waals surface area contributed by atoms with E-state index in [1.165, 1.54) is 16.8 Å². The smallest absolute Gasteiger partial charge is 0.335 e. The number of carboxylic acid groups (broad SMARTS) is 1. The van der Waals surface area contributed by atoms with Crippen molar-refractivity contribution in [1.82, 2.24) is 5.27 Å². The van der Waals surface area contributed by atoms with Crippen molar-refractivity contribution in [2.45, 2.75) is 23.6 Å². The van der Waals surface area contributed by atoms with Gasteiger partial charge in [-0.1, -0.05) is 31.2 Å². The maximum absolute atomic E-state index is 12.7. The van der Waals surface area contributed by atoms with E-state index in [0.29, 0.717) is 17.8 Å². The topological polar surface area (TPSA) is 119 Å². The minimum Gasteiger partial charge on any atom is -0.538 e. The predicted molar refractivity (Wildman–Crippen MR) is 99.4 cm³/mol. The van der Waals surface area contributed by atoms with Crippen LogP contribution in [-0.2, 0) is 4.79 Å². The zero-order chi connectivity index (χ0) is 20.1. The van der Waals surface area contributed by atoms with Crippen LogP contribution in [0.4, 0.5) is 5.69 Å². The van der Waals surface area contributed by atoms with Crippen LogP contribution in [0.15, 0.2) is 64.1 Å². The largest absolute Gasteiger partial charge is 0.538 e. The third kappa shape index (κ3) is 4.32. The van der Waals surface area contributed by atoms with Crippen molar-refractivity contribution in [2.75, 3.05) is 5.32 Å². The molecule has 0 aliphatic rings. The number of nitrogens with one attached hydrogen (secondary N) is 1. The molecule has 0 aliphatic carbocycles. The molecule has 28 heavy (non-hydrogen) atoms. The highest BCUT2D eigenvalue weighted by molar-refractivity contribution is 8.00.